The van der Waals surface area contributed by atoms with Crippen LogP contribution in [-0.4, -0.2) is 41.6 Å². The lowest BCUT2D eigenvalue weighted by Crippen LogP contribution is -2.42. The Morgan fingerprint density at radius 1 is 1.29 bits per heavy atom. The van der Waals surface area contributed by atoms with E-state index in [4.69, 9.17) is 5.11 Å². The van der Waals surface area contributed by atoms with E-state index >= 15 is 0 Å². The largest absolute Gasteiger partial charge is 0.481 e. The molecule has 0 saturated carbocycles. The predicted octanol–water partition coefficient (Wildman–Crippen LogP) is 1.90. The summed E-state index contributed by atoms with van der Waals surface area (Å²) >= 11 is 0. The van der Waals surface area contributed by atoms with Crippen LogP contribution >= 0.6 is 0 Å². The fraction of sp³-hybridized carbons (Fsp3) is 0.375. The molecule has 112 valence electrons. The lowest BCUT2D eigenvalue weighted by Gasteiger charge is -2.20. The Hall–Kier alpha value is -2.30. The monoisotopic (exact) mass is 288 g/mol. The Balaban J connectivity index is 1.76. The van der Waals surface area contributed by atoms with Crippen molar-refractivity contribution in [3.05, 3.63) is 48.0 Å². The standard InChI is InChI=1S/C16H20N2O3/c1-18(10-9-12-5-3-2-4-6-12)16(21)17-14-8-7-13(11-14)15(19)20/h2-8,13-14H,9-11H2,1H3,(H,17,21)(H,19,20). The summed E-state index contributed by atoms with van der Waals surface area (Å²) in [4.78, 5) is 24.5. The number of nitrogens with zero attached hydrogens (tertiary/aromatic N) is 1. The predicted molar refractivity (Wildman–Crippen MR) is 80.0 cm³/mol. The maximum Gasteiger partial charge on any atom is 0.317 e. The number of amides is 2. The first-order valence-electron chi connectivity index (χ1n) is 7.03. The number of hydrogen-bond acceptors (Lipinski definition) is 2. The summed E-state index contributed by atoms with van der Waals surface area (Å²) < 4.78 is 0. The van der Waals surface area contributed by atoms with Gasteiger partial charge < -0.3 is 15.3 Å². The molecule has 21 heavy (non-hydrogen) atoms. The van der Waals surface area contributed by atoms with Gasteiger partial charge >= 0.3 is 12.0 Å². The second-order valence-corrected chi connectivity index (χ2v) is 5.28. The molecule has 5 nitrogen and oxygen atoms in total. The number of hydrogen-bond donors (Lipinski definition) is 2. The average Bonchev–Trinajstić information content (AvgIpc) is 2.94. The minimum atomic E-state index is -0.847. The maximum absolute atomic E-state index is 12.0. The third kappa shape index (κ3) is 4.34. The minimum Gasteiger partial charge on any atom is -0.481 e. The molecule has 0 aromatic heterocycles. The van der Waals surface area contributed by atoms with E-state index in [0.29, 0.717) is 13.0 Å². The summed E-state index contributed by atoms with van der Waals surface area (Å²) in [5, 5.41) is 11.7. The molecule has 5 heteroatoms. The molecule has 2 unspecified atom stereocenters. The van der Waals surface area contributed by atoms with Crippen molar-refractivity contribution in [1.29, 1.82) is 0 Å². The third-order valence-corrected chi connectivity index (χ3v) is 3.64. The number of carboxylic acids is 1. The molecule has 1 aromatic rings. The van der Waals surface area contributed by atoms with Crippen LogP contribution in [0, 0.1) is 5.92 Å². The first-order valence-corrected chi connectivity index (χ1v) is 7.03. The number of likely N-dealkylation sites (N-methyl/N-ethyl adjacent to an activating group) is 1. The molecule has 2 atom stereocenters. The highest BCUT2D eigenvalue weighted by Crippen LogP contribution is 2.18. The van der Waals surface area contributed by atoms with Crippen molar-refractivity contribution in [2.75, 3.05) is 13.6 Å². The molecule has 0 fully saturated rings. The van der Waals surface area contributed by atoms with Gasteiger partial charge in [-0.15, -0.1) is 0 Å². The van der Waals surface area contributed by atoms with E-state index in [2.05, 4.69) is 5.32 Å². The third-order valence-electron chi connectivity index (χ3n) is 3.64. The molecule has 0 spiro atoms. The van der Waals surface area contributed by atoms with E-state index < -0.39 is 11.9 Å². The van der Waals surface area contributed by atoms with Crippen LogP contribution in [0.5, 0.6) is 0 Å². The summed E-state index contributed by atoms with van der Waals surface area (Å²) in [6, 6.07) is 9.61. The van der Waals surface area contributed by atoms with Gasteiger partial charge in [0.05, 0.1) is 12.0 Å². The lowest BCUT2D eigenvalue weighted by atomic mass is 10.1. The normalized spacial score (nSPS) is 20.2. The highest BCUT2D eigenvalue weighted by atomic mass is 16.4. The number of aliphatic carboxylic acids is 1. The number of benzene rings is 1. The Bertz CT molecular complexity index is 528. The van der Waals surface area contributed by atoms with Crippen molar-refractivity contribution in [3.8, 4) is 0 Å². The summed E-state index contributed by atoms with van der Waals surface area (Å²) in [6.45, 7) is 0.620. The maximum atomic E-state index is 12.0. The molecule has 1 aliphatic rings. The van der Waals surface area contributed by atoms with Gasteiger partial charge in [-0.05, 0) is 18.4 Å². The quantitative estimate of drug-likeness (QED) is 0.813. The van der Waals surface area contributed by atoms with Crippen molar-refractivity contribution in [2.45, 2.75) is 18.9 Å². The number of nitrogens with one attached hydrogen (secondary N) is 1. The Labute approximate surface area is 124 Å². The fourth-order valence-electron chi connectivity index (χ4n) is 2.30. The van der Waals surface area contributed by atoms with Gasteiger partial charge in [-0.25, -0.2) is 4.79 Å². The number of urea groups is 1. The number of carbonyl (C=O) groups is 2. The average molecular weight is 288 g/mol. The van der Waals surface area contributed by atoms with Crippen molar-refractivity contribution in [2.24, 2.45) is 5.92 Å². The number of carbonyl (C=O) groups excluding carboxylic acids is 1. The first-order chi connectivity index (χ1) is 10.1. The van der Waals surface area contributed by atoms with Gasteiger partial charge in [0.2, 0.25) is 0 Å². The minimum absolute atomic E-state index is 0.174. The number of rotatable bonds is 5. The molecule has 1 aliphatic carbocycles. The topological polar surface area (TPSA) is 69.6 Å². The molecular weight excluding hydrogens is 268 g/mol. The van der Waals surface area contributed by atoms with Crippen LogP contribution in [0.4, 0.5) is 4.79 Å². The van der Waals surface area contributed by atoms with E-state index in [1.54, 1.807) is 24.1 Å². The van der Waals surface area contributed by atoms with Gasteiger partial charge in [0.1, 0.15) is 0 Å². The molecule has 0 bridgehead atoms. The van der Waals surface area contributed by atoms with Crippen LogP contribution in [-0.2, 0) is 11.2 Å². The summed E-state index contributed by atoms with van der Waals surface area (Å²) in [5.74, 6) is -1.34. The van der Waals surface area contributed by atoms with E-state index in [1.807, 2.05) is 30.3 Å². The zero-order chi connectivity index (χ0) is 15.2. The zero-order valence-electron chi connectivity index (χ0n) is 12.0. The van der Waals surface area contributed by atoms with Gasteiger partial charge in [0.25, 0.3) is 0 Å². The molecule has 0 radical (unpaired) electrons. The SMILES string of the molecule is CN(CCc1ccccc1)C(=O)NC1C=CC(C(=O)O)C1. The smallest absolute Gasteiger partial charge is 0.317 e. The lowest BCUT2D eigenvalue weighted by molar-refractivity contribution is -0.140. The molecular formula is C16H20N2O3. The summed E-state index contributed by atoms with van der Waals surface area (Å²) in [7, 11) is 1.74. The van der Waals surface area contributed by atoms with Crippen molar-refractivity contribution >= 4 is 12.0 Å². The van der Waals surface area contributed by atoms with Gasteiger partial charge in [-0.3, -0.25) is 4.79 Å². The molecule has 2 N–H and O–H groups in total. The van der Waals surface area contributed by atoms with Crippen LogP contribution in [0.1, 0.15) is 12.0 Å². The Kier molecular flexibility index (Phi) is 4.98. The number of carboxylic acid groups (broad SMARTS) is 1. The summed E-state index contributed by atoms with van der Waals surface area (Å²) in [6.07, 6.45) is 4.61. The first kappa shape index (κ1) is 15.1. The van der Waals surface area contributed by atoms with Crippen LogP contribution in [0.25, 0.3) is 0 Å². The second kappa shape index (κ2) is 6.92. The van der Waals surface area contributed by atoms with E-state index in [1.165, 1.54) is 5.56 Å². The second-order valence-electron chi connectivity index (χ2n) is 5.28. The van der Waals surface area contributed by atoms with Gasteiger partial charge in [-0.1, -0.05) is 42.5 Å². The van der Waals surface area contributed by atoms with Gasteiger partial charge in [0, 0.05) is 13.6 Å². The van der Waals surface area contributed by atoms with E-state index in [0.717, 1.165) is 6.42 Å². The molecule has 0 heterocycles. The molecule has 0 aliphatic heterocycles. The molecule has 0 saturated heterocycles. The highest BCUT2D eigenvalue weighted by molar-refractivity contribution is 5.76. The molecule has 1 aromatic carbocycles. The fourth-order valence-corrected chi connectivity index (χ4v) is 2.30. The van der Waals surface area contributed by atoms with Gasteiger partial charge in [0.15, 0.2) is 0 Å². The van der Waals surface area contributed by atoms with Crippen LogP contribution in [0.3, 0.4) is 0 Å². The van der Waals surface area contributed by atoms with Crippen LogP contribution in [0.2, 0.25) is 0 Å². The van der Waals surface area contributed by atoms with E-state index in [-0.39, 0.29) is 12.1 Å². The zero-order valence-corrected chi connectivity index (χ0v) is 12.0. The highest BCUT2D eigenvalue weighted by Gasteiger charge is 2.25. The summed E-state index contributed by atoms with van der Waals surface area (Å²) in [5.41, 5.74) is 1.18. The molecule has 2 rings (SSSR count). The van der Waals surface area contributed by atoms with Crippen molar-refractivity contribution < 1.29 is 14.7 Å². The van der Waals surface area contributed by atoms with Crippen LogP contribution in [0.15, 0.2) is 42.5 Å². The van der Waals surface area contributed by atoms with Crippen molar-refractivity contribution in [3.63, 3.8) is 0 Å². The Morgan fingerprint density at radius 2 is 2.00 bits per heavy atom. The van der Waals surface area contributed by atoms with E-state index in [9.17, 15) is 9.59 Å². The Morgan fingerprint density at radius 3 is 2.62 bits per heavy atom. The molecule has 2 amide bonds. The van der Waals surface area contributed by atoms with Crippen molar-refractivity contribution in [1.82, 2.24) is 10.2 Å². The van der Waals surface area contributed by atoms with Gasteiger partial charge in [-0.2, -0.15) is 0 Å². The van der Waals surface area contributed by atoms with Crippen LogP contribution < -0.4 is 5.32 Å².